The van der Waals surface area contributed by atoms with Gasteiger partial charge in [0.25, 0.3) is 0 Å². The number of hydrogen-bond acceptors (Lipinski definition) is 4. The standard InChI is InChI=1S/C15H11Cl2N3O/c16-9-1-3-18-12(5-9)14-7-11(21)8-15(20-14)13-6-10(17)2-4-19-13/h1-3,5-6,8,19H,4,7H2. The van der Waals surface area contributed by atoms with Crippen molar-refractivity contribution in [1.29, 1.82) is 0 Å². The van der Waals surface area contributed by atoms with Crippen LogP contribution >= 0.6 is 23.2 Å². The van der Waals surface area contributed by atoms with Gasteiger partial charge in [0.05, 0.1) is 29.2 Å². The summed E-state index contributed by atoms with van der Waals surface area (Å²) in [5, 5.41) is 4.34. The molecule has 1 N–H and O–H groups in total. The van der Waals surface area contributed by atoms with Gasteiger partial charge in [-0.3, -0.25) is 9.78 Å². The Labute approximate surface area is 131 Å². The van der Waals surface area contributed by atoms with E-state index < -0.39 is 0 Å². The fourth-order valence-corrected chi connectivity index (χ4v) is 2.45. The lowest BCUT2D eigenvalue weighted by Gasteiger charge is -2.18. The average Bonchev–Trinajstić information content (AvgIpc) is 2.46. The topological polar surface area (TPSA) is 54.4 Å². The van der Waals surface area contributed by atoms with Gasteiger partial charge in [0.2, 0.25) is 0 Å². The first-order valence-corrected chi connectivity index (χ1v) is 7.13. The van der Waals surface area contributed by atoms with Crippen LogP contribution in [0.4, 0.5) is 0 Å². The second-order valence-corrected chi connectivity index (χ2v) is 5.49. The summed E-state index contributed by atoms with van der Waals surface area (Å²) in [6.07, 6.45) is 6.93. The number of rotatable bonds is 2. The number of nitrogens with one attached hydrogen (secondary N) is 1. The summed E-state index contributed by atoms with van der Waals surface area (Å²) in [4.78, 5) is 20.7. The normalized spacial score (nSPS) is 18.3. The molecule has 0 atom stereocenters. The zero-order valence-electron chi connectivity index (χ0n) is 10.9. The largest absolute Gasteiger partial charge is 0.380 e. The molecular weight excluding hydrogens is 309 g/mol. The molecule has 0 bridgehead atoms. The van der Waals surface area contributed by atoms with Gasteiger partial charge in [0, 0.05) is 28.9 Å². The second kappa shape index (κ2) is 5.84. The second-order valence-electron chi connectivity index (χ2n) is 4.62. The first-order chi connectivity index (χ1) is 10.1. The zero-order valence-corrected chi connectivity index (χ0v) is 12.4. The van der Waals surface area contributed by atoms with Crippen molar-refractivity contribution < 1.29 is 4.79 Å². The number of dihydropyridines is 1. The third-order valence-corrected chi connectivity index (χ3v) is 3.56. The maximum absolute atomic E-state index is 11.9. The van der Waals surface area contributed by atoms with Crippen molar-refractivity contribution in [3.63, 3.8) is 0 Å². The number of carbonyl (C=O) groups is 1. The molecule has 0 saturated carbocycles. The smallest absolute Gasteiger partial charge is 0.163 e. The van der Waals surface area contributed by atoms with Gasteiger partial charge in [0.15, 0.2) is 5.78 Å². The zero-order chi connectivity index (χ0) is 14.8. The van der Waals surface area contributed by atoms with Crippen molar-refractivity contribution in [1.82, 2.24) is 10.3 Å². The Morgan fingerprint density at radius 1 is 1.24 bits per heavy atom. The van der Waals surface area contributed by atoms with E-state index in [1.807, 2.05) is 6.08 Å². The molecule has 0 saturated heterocycles. The van der Waals surface area contributed by atoms with Crippen LogP contribution in [0, 0.1) is 0 Å². The summed E-state index contributed by atoms with van der Waals surface area (Å²) < 4.78 is 0. The Kier molecular flexibility index (Phi) is 3.90. The Balaban J connectivity index is 1.99. The summed E-state index contributed by atoms with van der Waals surface area (Å²) >= 11 is 12.0. The monoisotopic (exact) mass is 319 g/mol. The first-order valence-electron chi connectivity index (χ1n) is 6.37. The number of ketones is 1. The van der Waals surface area contributed by atoms with Crippen LogP contribution in [0.2, 0.25) is 5.02 Å². The molecule has 6 heteroatoms. The fourth-order valence-electron chi connectivity index (χ4n) is 2.10. The number of aliphatic imine (C=N–C) groups is 1. The van der Waals surface area contributed by atoms with Crippen LogP contribution in [0.3, 0.4) is 0 Å². The maximum Gasteiger partial charge on any atom is 0.163 e. The van der Waals surface area contributed by atoms with E-state index in [1.165, 1.54) is 6.08 Å². The molecule has 0 aromatic carbocycles. The van der Waals surface area contributed by atoms with Crippen molar-refractivity contribution in [3.05, 3.63) is 63.7 Å². The van der Waals surface area contributed by atoms with Gasteiger partial charge >= 0.3 is 0 Å². The van der Waals surface area contributed by atoms with E-state index in [0.717, 1.165) is 5.70 Å². The third-order valence-electron chi connectivity index (χ3n) is 3.06. The molecule has 2 aliphatic heterocycles. The molecule has 2 aliphatic rings. The number of nitrogens with zero attached hydrogens (tertiary/aromatic N) is 2. The van der Waals surface area contributed by atoms with Gasteiger partial charge in [-0.05, 0) is 24.3 Å². The predicted octanol–water partition coefficient (Wildman–Crippen LogP) is 2.99. The molecule has 4 nitrogen and oxygen atoms in total. The minimum absolute atomic E-state index is 0.0230. The van der Waals surface area contributed by atoms with Gasteiger partial charge < -0.3 is 5.32 Å². The summed E-state index contributed by atoms with van der Waals surface area (Å²) in [5.41, 5.74) is 2.51. The van der Waals surface area contributed by atoms with Gasteiger partial charge in [-0.25, -0.2) is 4.99 Å². The van der Waals surface area contributed by atoms with Crippen LogP contribution < -0.4 is 5.32 Å². The van der Waals surface area contributed by atoms with Crippen molar-refractivity contribution in [2.75, 3.05) is 6.54 Å². The summed E-state index contributed by atoms with van der Waals surface area (Å²) in [6, 6.07) is 3.38. The Hall–Kier alpha value is -1.91. The van der Waals surface area contributed by atoms with E-state index in [1.54, 1.807) is 24.4 Å². The molecule has 0 spiro atoms. The number of halogens is 2. The average molecular weight is 320 g/mol. The minimum Gasteiger partial charge on any atom is -0.380 e. The van der Waals surface area contributed by atoms with E-state index in [2.05, 4.69) is 15.3 Å². The molecule has 1 aromatic rings. The van der Waals surface area contributed by atoms with Crippen LogP contribution in [-0.2, 0) is 4.79 Å². The van der Waals surface area contributed by atoms with Crippen molar-refractivity contribution >= 4 is 34.7 Å². The Morgan fingerprint density at radius 2 is 2.10 bits per heavy atom. The van der Waals surface area contributed by atoms with Gasteiger partial charge in [-0.2, -0.15) is 0 Å². The molecule has 3 heterocycles. The number of aromatic nitrogens is 1. The molecule has 3 rings (SSSR count). The highest BCUT2D eigenvalue weighted by molar-refractivity contribution is 6.31. The van der Waals surface area contributed by atoms with Crippen molar-refractivity contribution in [3.8, 4) is 0 Å². The highest BCUT2D eigenvalue weighted by Gasteiger charge is 2.19. The van der Waals surface area contributed by atoms with E-state index >= 15 is 0 Å². The molecule has 21 heavy (non-hydrogen) atoms. The van der Waals surface area contributed by atoms with Crippen LogP contribution in [0.1, 0.15) is 12.1 Å². The van der Waals surface area contributed by atoms with Crippen molar-refractivity contribution in [2.45, 2.75) is 6.42 Å². The number of hydrogen-bond donors (Lipinski definition) is 1. The molecule has 1 aromatic heterocycles. The first kappa shape index (κ1) is 14.0. The lowest BCUT2D eigenvalue weighted by Crippen LogP contribution is -2.22. The van der Waals surface area contributed by atoms with Gasteiger partial charge in [-0.1, -0.05) is 23.2 Å². The SMILES string of the molecule is O=C1C=C(C2=CC(Cl)=CCN2)N=C(c2cc(Cl)ccn2)C1. The maximum atomic E-state index is 11.9. The predicted molar refractivity (Wildman–Crippen MR) is 83.5 cm³/mol. The van der Waals surface area contributed by atoms with Crippen LogP contribution in [0.15, 0.2) is 58.0 Å². The third kappa shape index (κ3) is 3.23. The van der Waals surface area contributed by atoms with E-state index in [0.29, 0.717) is 33.7 Å². The number of allylic oxidation sites excluding steroid dienone is 3. The molecular formula is C15H11Cl2N3O. The molecule has 0 fully saturated rings. The van der Waals surface area contributed by atoms with Crippen molar-refractivity contribution in [2.24, 2.45) is 4.99 Å². The molecule has 106 valence electrons. The van der Waals surface area contributed by atoms with E-state index in [9.17, 15) is 4.79 Å². The van der Waals surface area contributed by atoms with Gasteiger partial charge in [-0.15, -0.1) is 0 Å². The van der Waals surface area contributed by atoms with Crippen LogP contribution in [0.5, 0.6) is 0 Å². The lowest BCUT2D eigenvalue weighted by molar-refractivity contribution is -0.113. The van der Waals surface area contributed by atoms with E-state index in [4.69, 9.17) is 23.2 Å². The molecule has 0 amide bonds. The quantitative estimate of drug-likeness (QED) is 0.911. The molecule has 0 aliphatic carbocycles. The summed E-state index contributed by atoms with van der Waals surface area (Å²) in [6.45, 7) is 0.608. The molecule has 0 radical (unpaired) electrons. The van der Waals surface area contributed by atoms with Gasteiger partial charge in [0.1, 0.15) is 0 Å². The number of pyridine rings is 1. The Bertz CT molecular complexity index is 732. The fraction of sp³-hybridized carbons (Fsp3) is 0.133. The highest BCUT2D eigenvalue weighted by atomic mass is 35.5. The summed E-state index contributed by atoms with van der Waals surface area (Å²) in [5.74, 6) is -0.0230. The minimum atomic E-state index is -0.0230. The van der Waals surface area contributed by atoms with Crippen LogP contribution in [0.25, 0.3) is 0 Å². The van der Waals surface area contributed by atoms with Crippen LogP contribution in [-0.4, -0.2) is 23.0 Å². The Morgan fingerprint density at radius 3 is 2.86 bits per heavy atom. The lowest BCUT2D eigenvalue weighted by atomic mass is 10.0. The van der Waals surface area contributed by atoms with E-state index in [-0.39, 0.29) is 12.2 Å². The summed E-state index contributed by atoms with van der Waals surface area (Å²) in [7, 11) is 0. The highest BCUT2D eigenvalue weighted by Crippen LogP contribution is 2.22. The molecule has 0 unspecified atom stereocenters. The number of carbonyl (C=O) groups excluding carboxylic acids is 1.